The van der Waals surface area contributed by atoms with E-state index in [1.807, 2.05) is 15.9 Å². The van der Waals surface area contributed by atoms with Gasteiger partial charge < -0.3 is 19.9 Å². The van der Waals surface area contributed by atoms with Gasteiger partial charge in [-0.15, -0.1) is 0 Å². The molecular formula is C21H22N6O3. The summed E-state index contributed by atoms with van der Waals surface area (Å²) in [6.45, 7) is 4.52. The number of esters is 1. The molecule has 3 rings (SSSR count). The van der Waals surface area contributed by atoms with Crippen molar-refractivity contribution in [3.05, 3.63) is 60.1 Å². The highest BCUT2D eigenvalue weighted by molar-refractivity contribution is 6.09. The van der Waals surface area contributed by atoms with E-state index in [4.69, 9.17) is 4.74 Å². The number of carbonyl (C=O) groups excluding carboxylic acids is 2. The van der Waals surface area contributed by atoms with Crippen molar-refractivity contribution in [2.24, 2.45) is 0 Å². The molecule has 0 atom stereocenters. The molecule has 9 heteroatoms. The fourth-order valence-electron chi connectivity index (χ4n) is 2.99. The van der Waals surface area contributed by atoms with Crippen LogP contribution in [0.2, 0.25) is 0 Å². The highest BCUT2D eigenvalue weighted by atomic mass is 16.5. The minimum absolute atomic E-state index is 0.0435. The number of anilines is 2. The van der Waals surface area contributed by atoms with Gasteiger partial charge in [0.15, 0.2) is 0 Å². The monoisotopic (exact) mass is 406 g/mol. The molecule has 0 bridgehead atoms. The van der Waals surface area contributed by atoms with Crippen LogP contribution in [-0.2, 0) is 9.53 Å². The number of benzene rings is 1. The largest absolute Gasteiger partial charge is 0.462 e. The molecule has 1 aromatic heterocycles. The molecule has 1 amide bonds. The maximum atomic E-state index is 12.6. The lowest BCUT2D eigenvalue weighted by atomic mass is 10.1. The second-order valence-electron chi connectivity index (χ2n) is 6.45. The van der Waals surface area contributed by atoms with Crippen molar-refractivity contribution in [1.29, 1.82) is 5.26 Å². The van der Waals surface area contributed by atoms with E-state index in [9.17, 15) is 14.9 Å². The Morgan fingerprint density at radius 2 is 1.87 bits per heavy atom. The zero-order valence-electron chi connectivity index (χ0n) is 16.6. The Hall–Kier alpha value is -3.93. The van der Waals surface area contributed by atoms with Gasteiger partial charge in [0.1, 0.15) is 11.6 Å². The lowest BCUT2D eigenvalue weighted by Gasteiger charge is -2.34. The lowest BCUT2D eigenvalue weighted by molar-refractivity contribution is -0.112. The molecule has 1 N–H and O–H groups in total. The number of amides is 1. The Kier molecular flexibility index (Phi) is 6.95. The molecule has 30 heavy (non-hydrogen) atoms. The lowest BCUT2D eigenvalue weighted by Crippen LogP contribution is -2.45. The molecule has 0 spiro atoms. The van der Waals surface area contributed by atoms with Crippen LogP contribution in [0.25, 0.3) is 0 Å². The van der Waals surface area contributed by atoms with Crippen molar-refractivity contribution in [3.8, 4) is 6.07 Å². The van der Waals surface area contributed by atoms with Gasteiger partial charge >= 0.3 is 5.97 Å². The molecule has 1 fully saturated rings. The SMILES string of the molecule is CCOC(=O)c1ccccc1NC(=O)/C(C#N)=C\N1CCN(c2ncccn2)CC1. The second-order valence-corrected chi connectivity index (χ2v) is 6.45. The quantitative estimate of drug-likeness (QED) is 0.439. The van der Waals surface area contributed by atoms with Crippen LogP contribution < -0.4 is 10.2 Å². The van der Waals surface area contributed by atoms with E-state index >= 15 is 0 Å². The summed E-state index contributed by atoms with van der Waals surface area (Å²) in [5.74, 6) is -0.451. The van der Waals surface area contributed by atoms with Crippen molar-refractivity contribution in [1.82, 2.24) is 14.9 Å². The van der Waals surface area contributed by atoms with E-state index < -0.39 is 11.9 Å². The summed E-state index contributed by atoms with van der Waals surface area (Å²) >= 11 is 0. The van der Waals surface area contributed by atoms with E-state index in [-0.39, 0.29) is 17.7 Å². The Balaban J connectivity index is 1.65. The van der Waals surface area contributed by atoms with Crippen molar-refractivity contribution >= 4 is 23.5 Å². The molecule has 1 aliphatic rings. The number of aromatic nitrogens is 2. The van der Waals surface area contributed by atoms with Crippen LogP contribution in [0.3, 0.4) is 0 Å². The first-order chi connectivity index (χ1) is 14.6. The van der Waals surface area contributed by atoms with Crippen LogP contribution in [0.4, 0.5) is 11.6 Å². The van der Waals surface area contributed by atoms with Gasteiger partial charge in [-0.3, -0.25) is 4.79 Å². The zero-order chi connectivity index (χ0) is 21.3. The molecule has 1 saturated heterocycles. The molecule has 9 nitrogen and oxygen atoms in total. The fraction of sp³-hybridized carbons (Fsp3) is 0.286. The molecule has 0 unspecified atom stereocenters. The first kappa shape index (κ1) is 20.8. The van der Waals surface area contributed by atoms with Crippen LogP contribution in [0.15, 0.2) is 54.5 Å². The van der Waals surface area contributed by atoms with Crippen LogP contribution in [0, 0.1) is 11.3 Å². The minimum atomic E-state index is -0.580. The third-order valence-corrected chi connectivity index (χ3v) is 4.50. The van der Waals surface area contributed by atoms with Crippen LogP contribution in [-0.4, -0.2) is 59.5 Å². The Morgan fingerprint density at radius 1 is 1.17 bits per heavy atom. The number of piperazine rings is 1. The van der Waals surface area contributed by atoms with Crippen molar-refractivity contribution in [3.63, 3.8) is 0 Å². The first-order valence-corrected chi connectivity index (χ1v) is 9.57. The summed E-state index contributed by atoms with van der Waals surface area (Å²) in [6, 6.07) is 10.2. The number of rotatable bonds is 6. The molecule has 2 aromatic rings. The van der Waals surface area contributed by atoms with E-state index in [0.29, 0.717) is 37.8 Å². The van der Waals surface area contributed by atoms with Crippen molar-refractivity contribution in [2.75, 3.05) is 43.0 Å². The maximum Gasteiger partial charge on any atom is 0.340 e. The van der Waals surface area contributed by atoms with Gasteiger partial charge in [0.25, 0.3) is 5.91 Å². The molecule has 154 valence electrons. The standard InChI is InChI=1S/C21H22N6O3/c1-2-30-20(29)17-6-3-4-7-18(17)25-19(28)16(14-22)15-26-10-12-27(13-11-26)21-23-8-5-9-24-21/h3-9,15H,2,10-13H2,1H3,(H,25,28)/b16-15-. The summed E-state index contributed by atoms with van der Waals surface area (Å²) in [5, 5.41) is 12.1. The van der Waals surface area contributed by atoms with Gasteiger partial charge in [-0.05, 0) is 25.1 Å². The van der Waals surface area contributed by atoms with E-state index in [1.54, 1.807) is 55.8 Å². The Bertz CT molecular complexity index is 962. The highest BCUT2D eigenvalue weighted by Gasteiger charge is 2.20. The number of hydrogen-bond donors (Lipinski definition) is 1. The molecule has 0 saturated carbocycles. The van der Waals surface area contributed by atoms with Crippen LogP contribution in [0.1, 0.15) is 17.3 Å². The number of nitrogens with zero attached hydrogens (tertiary/aromatic N) is 5. The number of nitrogens with one attached hydrogen (secondary N) is 1. The van der Waals surface area contributed by atoms with E-state index in [1.165, 1.54) is 0 Å². The fourth-order valence-corrected chi connectivity index (χ4v) is 2.99. The maximum absolute atomic E-state index is 12.6. The molecule has 2 heterocycles. The van der Waals surface area contributed by atoms with Crippen molar-refractivity contribution < 1.29 is 14.3 Å². The summed E-state index contributed by atoms with van der Waals surface area (Å²) in [6.07, 6.45) is 4.94. The van der Waals surface area contributed by atoms with E-state index in [0.717, 1.165) is 0 Å². The zero-order valence-corrected chi connectivity index (χ0v) is 16.6. The smallest absolute Gasteiger partial charge is 0.340 e. The molecule has 1 aliphatic heterocycles. The molecule has 0 radical (unpaired) electrons. The van der Waals surface area contributed by atoms with Gasteiger partial charge in [-0.25, -0.2) is 14.8 Å². The summed E-state index contributed by atoms with van der Waals surface area (Å²) in [5.41, 5.74) is 0.493. The number of hydrogen-bond acceptors (Lipinski definition) is 8. The average Bonchev–Trinajstić information content (AvgIpc) is 2.79. The first-order valence-electron chi connectivity index (χ1n) is 9.57. The van der Waals surface area contributed by atoms with Gasteiger partial charge in [0, 0.05) is 44.8 Å². The van der Waals surface area contributed by atoms with Crippen LogP contribution >= 0.6 is 0 Å². The van der Waals surface area contributed by atoms with Crippen molar-refractivity contribution in [2.45, 2.75) is 6.92 Å². The van der Waals surface area contributed by atoms with Gasteiger partial charge in [-0.1, -0.05) is 12.1 Å². The predicted octanol–water partition coefficient (Wildman–Crippen LogP) is 1.82. The van der Waals surface area contributed by atoms with E-state index in [2.05, 4.69) is 15.3 Å². The van der Waals surface area contributed by atoms with Gasteiger partial charge in [-0.2, -0.15) is 5.26 Å². The third-order valence-electron chi connectivity index (χ3n) is 4.50. The predicted molar refractivity (Wildman–Crippen MR) is 111 cm³/mol. The molecule has 1 aromatic carbocycles. The topological polar surface area (TPSA) is 111 Å². The number of nitriles is 1. The second kappa shape index (κ2) is 10.0. The third kappa shape index (κ3) is 5.11. The minimum Gasteiger partial charge on any atom is -0.462 e. The number of para-hydroxylation sites is 1. The normalized spacial score (nSPS) is 14.1. The average molecular weight is 406 g/mol. The number of carbonyl (C=O) groups is 2. The Labute approximate surface area is 174 Å². The summed E-state index contributed by atoms with van der Waals surface area (Å²) in [7, 11) is 0. The van der Waals surface area contributed by atoms with Gasteiger partial charge in [0.2, 0.25) is 5.95 Å². The van der Waals surface area contributed by atoms with Crippen LogP contribution in [0.5, 0.6) is 0 Å². The van der Waals surface area contributed by atoms with Gasteiger partial charge in [0.05, 0.1) is 17.9 Å². The summed E-state index contributed by atoms with van der Waals surface area (Å²) in [4.78, 5) is 37.1. The molecule has 0 aliphatic carbocycles. The summed E-state index contributed by atoms with van der Waals surface area (Å²) < 4.78 is 5.01. The Morgan fingerprint density at radius 3 is 2.53 bits per heavy atom. The highest BCUT2D eigenvalue weighted by Crippen LogP contribution is 2.18. The molecular weight excluding hydrogens is 384 g/mol. The number of ether oxygens (including phenoxy) is 1.